The molecule has 118 valence electrons. The number of carbonyl (C=O) groups excluding carboxylic acids is 1. The van der Waals surface area contributed by atoms with Crippen molar-refractivity contribution in [1.82, 2.24) is 9.88 Å². The first-order valence-electron chi connectivity index (χ1n) is 7.75. The van der Waals surface area contributed by atoms with E-state index in [0.717, 1.165) is 5.56 Å². The largest absolute Gasteiger partial charge is 0.328 e. The highest BCUT2D eigenvalue weighted by Crippen LogP contribution is 2.24. The van der Waals surface area contributed by atoms with Gasteiger partial charge in [-0.3, -0.25) is 9.78 Å². The summed E-state index contributed by atoms with van der Waals surface area (Å²) in [6, 6.07) is 8.84. The Bertz CT molecular complexity index is 737. The van der Waals surface area contributed by atoms with Gasteiger partial charge in [0.25, 0.3) is 5.91 Å². The van der Waals surface area contributed by atoms with E-state index in [1.165, 1.54) is 6.20 Å². The van der Waals surface area contributed by atoms with Crippen LogP contribution < -0.4 is 0 Å². The van der Waals surface area contributed by atoms with Gasteiger partial charge >= 0.3 is 0 Å². The molecule has 0 saturated heterocycles. The number of hydrogen-bond donors (Lipinski definition) is 0. The van der Waals surface area contributed by atoms with Gasteiger partial charge in [-0.25, -0.2) is 4.39 Å². The fourth-order valence-corrected chi connectivity index (χ4v) is 2.91. The van der Waals surface area contributed by atoms with Crippen molar-refractivity contribution in [3.8, 4) is 11.1 Å². The Balaban J connectivity index is 1.83. The Morgan fingerprint density at radius 3 is 2.65 bits per heavy atom. The molecule has 1 amide bonds. The third kappa shape index (κ3) is 3.02. The van der Waals surface area contributed by atoms with Crippen LogP contribution in [0.1, 0.15) is 24.2 Å². The highest BCUT2D eigenvalue weighted by molar-refractivity contribution is 5.95. The lowest BCUT2D eigenvalue weighted by atomic mass is 10.0. The second kappa shape index (κ2) is 6.32. The lowest BCUT2D eigenvalue weighted by Gasteiger charge is -2.27. The number of amides is 1. The summed E-state index contributed by atoms with van der Waals surface area (Å²) in [6.07, 6.45) is 6.87. The predicted octanol–water partition coefficient (Wildman–Crippen LogP) is 3.92. The molecule has 2 aromatic rings. The quantitative estimate of drug-likeness (QED) is 0.805. The van der Waals surface area contributed by atoms with E-state index in [1.54, 1.807) is 36.5 Å². The zero-order valence-corrected chi connectivity index (χ0v) is 13.2. The van der Waals surface area contributed by atoms with Crippen molar-refractivity contribution >= 4 is 5.91 Å². The molecule has 1 aromatic carbocycles. The molecule has 3 nitrogen and oxygen atoms in total. The van der Waals surface area contributed by atoms with Crippen LogP contribution in [0.5, 0.6) is 0 Å². The van der Waals surface area contributed by atoms with Crippen molar-refractivity contribution in [2.24, 2.45) is 5.92 Å². The molecule has 1 aromatic heterocycles. The van der Waals surface area contributed by atoms with E-state index >= 15 is 0 Å². The van der Waals surface area contributed by atoms with Crippen LogP contribution in [0.3, 0.4) is 0 Å². The van der Waals surface area contributed by atoms with Crippen LogP contribution in [-0.4, -0.2) is 28.4 Å². The Morgan fingerprint density at radius 2 is 2.00 bits per heavy atom. The van der Waals surface area contributed by atoms with E-state index in [4.69, 9.17) is 0 Å². The molecule has 1 aliphatic heterocycles. The van der Waals surface area contributed by atoms with Crippen LogP contribution in [0.4, 0.5) is 4.39 Å². The van der Waals surface area contributed by atoms with Gasteiger partial charge in [-0.05, 0) is 29.7 Å². The lowest BCUT2D eigenvalue weighted by molar-refractivity contribution is 0.0720. The van der Waals surface area contributed by atoms with E-state index < -0.39 is 0 Å². The Morgan fingerprint density at radius 1 is 1.26 bits per heavy atom. The first-order chi connectivity index (χ1) is 11.1. The normalized spacial score (nSPS) is 17.0. The average Bonchev–Trinajstić information content (AvgIpc) is 3.05. The summed E-state index contributed by atoms with van der Waals surface area (Å²) in [4.78, 5) is 18.3. The molecule has 0 radical (unpaired) electrons. The molecule has 0 saturated carbocycles. The molecule has 0 N–H and O–H groups in total. The van der Waals surface area contributed by atoms with Gasteiger partial charge in [0.15, 0.2) is 0 Å². The van der Waals surface area contributed by atoms with Crippen LogP contribution in [-0.2, 0) is 0 Å². The van der Waals surface area contributed by atoms with Crippen LogP contribution >= 0.6 is 0 Å². The maximum Gasteiger partial charge on any atom is 0.254 e. The van der Waals surface area contributed by atoms with E-state index in [9.17, 15) is 9.18 Å². The van der Waals surface area contributed by atoms with Gasteiger partial charge < -0.3 is 4.90 Å². The molecule has 0 aliphatic carbocycles. The molecular weight excluding hydrogens is 291 g/mol. The van der Waals surface area contributed by atoms with Gasteiger partial charge in [0.05, 0.1) is 12.2 Å². The van der Waals surface area contributed by atoms with Crippen molar-refractivity contribution in [3.05, 3.63) is 66.3 Å². The standard InChI is InChI=1S/C19H19FN2O/c1-13(2)18-4-3-11-22(18)19(23)15-7-5-14(6-8-15)16-9-10-21-12-17(16)20/h3-10,12-13,18H,11H2,1-2H3. The topological polar surface area (TPSA) is 33.2 Å². The van der Waals surface area contributed by atoms with Crippen molar-refractivity contribution < 1.29 is 9.18 Å². The SMILES string of the molecule is CC(C)C1C=CCN1C(=O)c1ccc(-c2ccncc2F)cc1. The summed E-state index contributed by atoms with van der Waals surface area (Å²) in [5.74, 6) is 0.0218. The van der Waals surface area contributed by atoms with Crippen molar-refractivity contribution in [3.63, 3.8) is 0 Å². The van der Waals surface area contributed by atoms with Crippen LogP contribution in [0, 0.1) is 11.7 Å². The molecule has 2 heterocycles. The fraction of sp³-hybridized carbons (Fsp3) is 0.263. The molecular formula is C19H19FN2O. The second-order valence-electron chi connectivity index (χ2n) is 6.05. The number of benzene rings is 1. The second-order valence-corrected chi connectivity index (χ2v) is 6.05. The van der Waals surface area contributed by atoms with Gasteiger partial charge in [-0.1, -0.05) is 38.1 Å². The number of halogens is 1. The summed E-state index contributed by atoms with van der Waals surface area (Å²) >= 11 is 0. The van der Waals surface area contributed by atoms with Gasteiger partial charge in [0, 0.05) is 23.9 Å². The maximum atomic E-state index is 13.8. The Hall–Kier alpha value is -2.49. The fourth-order valence-electron chi connectivity index (χ4n) is 2.91. The van der Waals surface area contributed by atoms with Crippen LogP contribution in [0.25, 0.3) is 11.1 Å². The predicted molar refractivity (Wildman–Crippen MR) is 88.4 cm³/mol. The third-order valence-corrected chi connectivity index (χ3v) is 4.15. The van der Waals surface area contributed by atoms with Gasteiger partial charge in [-0.2, -0.15) is 0 Å². The number of hydrogen-bond acceptors (Lipinski definition) is 2. The summed E-state index contributed by atoms with van der Waals surface area (Å²) < 4.78 is 13.8. The number of rotatable bonds is 3. The molecule has 0 spiro atoms. The van der Waals surface area contributed by atoms with Crippen molar-refractivity contribution in [2.75, 3.05) is 6.54 Å². The molecule has 4 heteroatoms. The number of nitrogens with zero attached hydrogens (tertiary/aromatic N) is 2. The molecule has 0 bridgehead atoms. The molecule has 23 heavy (non-hydrogen) atoms. The first-order valence-corrected chi connectivity index (χ1v) is 7.75. The van der Waals surface area contributed by atoms with Gasteiger partial charge in [-0.15, -0.1) is 0 Å². The Kier molecular flexibility index (Phi) is 4.24. The first kappa shape index (κ1) is 15.4. The van der Waals surface area contributed by atoms with E-state index in [1.807, 2.05) is 11.0 Å². The number of aromatic nitrogens is 1. The summed E-state index contributed by atoms with van der Waals surface area (Å²) in [6.45, 7) is 4.86. The minimum absolute atomic E-state index is 0.00968. The monoisotopic (exact) mass is 310 g/mol. The number of carbonyl (C=O) groups is 1. The molecule has 3 rings (SSSR count). The third-order valence-electron chi connectivity index (χ3n) is 4.15. The minimum atomic E-state index is -0.366. The zero-order valence-electron chi connectivity index (χ0n) is 13.2. The van der Waals surface area contributed by atoms with Gasteiger partial charge in [0.1, 0.15) is 5.82 Å². The summed E-state index contributed by atoms with van der Waals surface area (Å²) in [7, 11) is 0. The number of pyridine rings is 1. The average molecular weight is 310 g/mol. The highest BCUT2D eigenvalue weighted by atomic mass is 19.1. The van der Waals surface area contributed by atoms with E-state index in [-0.39, 0.29) is 17.8 Å². The van der Waals surface area contributed by atoms with E-state index in [2.05, 4.69) is 24.9 Å². The minimum Gasteiger partial charge on any atom is -0.328 e. The van der Waals surface area contributed by atoms with Crippen molar-refractivity contribution in [2.45, 2.75) is 19.9 Å². The van der Waals surface area contributed by atoms with E-state index in [0.29, 0.717) is 23.6 Å². The maximum absolute atomic E-state index is 13.8. The van der Waals surface area contributed by atoms with Crippen LogP contribution in [0.15, 0.2) is 54.9 Å². The molecule has 1 unspecified atom stereocenters. The highest BCUT2D eigenvalue weighted by Gasteiger charge is 2.27. The van der Waals surface area contributed by atoms with Crippen molar-refractivity contribution in [1.29, 1.82) is 0 Å². The Labute approximate surface area is 135 Å². The van der Waals surface area contributed by atoms with Gasteiger partial charge in [0.2, 0.25) is 0 Å². The smallest absolute Gasteiger partial charge is 0.254 e. The summed E-state index contributed by atoms with van der Waals surface area (Å²) in [5.41, 5.74) is 1.85. The molecule has 1 aliphatic rings. The zero-order chi connectivity index (χ0) is 16.4. The molecule has 0 fully saturated rings. The molecule has 1 atom stereocenters. The van der Waals surface area contributed by atoms with Crippen LogP contribution in [0.2, 0.25) is 0 Å². The summed E-state index contributed by atoms with van der Waals surface area (Å²) in [5, 5.41) is 0. The lowest BCUT2D eigenvalue weighted by Crippen LogP contribution is -2.38.